The van der Waals surface area contributed by atoms with Crippen LogP contribution in [0.25, 0.3) is 0 Å². The van der Waals surface area contributed by atoms with Gasteiger partial charge >= 0.3 is 5.97 Å². The van der Waals surface area contributed by atoms with Crippen molar-refractivity contribution in [1.82, 2.24) is 4.31 Å². The fourth-order valence-electron chi connectivity index (χ4n) is 2.41. The summed E-state index contributed by atoms with van der Waals surface area (Å²) in [6.45, 7) is 7.66. The Bertz CT molecular complexity index is 904. The molecule has 0 spiro atoms. The van der Waals surface area contributed by atoms with Crippen molar-refractivity contribution in [2.45, 2.75) is 45.2 Å². The second kappa shape index (κ2) is 8.01. The Morgan fingerprint density at radius 1 is 1.12 bits per heavy atom. The summed E-state index contributed by atoms with van der Waals surface area (Å²) in [7, 11) is -2.13. The molecule has 0 N–H and O–H groups in total. The molecule has 0 amide bonds. The lowest BCUT2D eigenvalue weighted by atomic mass is 10.1. The van der Waals surface area contributed by atoms with Crippen molar-refractivity contribution in [3.8, 4) is 0 Å². The van der Waals surface area contributed by atoms with E-state index in [9.17, 15) is 13.2 Å². The largest absolute Gasteiger partial charge is 0.457 e. The number of benzene rings is 2. The Morgan fingerprint density at radius 3 is 2.46 bits per heavy atom. The third-order valence-corrected chi connectivity index (χ3v) is 6.37. The zero-order valence-electron chi connectivity index (χ0n) is 15.8. The van der Waals surface area contributed by atoms with E-state index in [-0.39, 0.29) is 23.1 Å². The zero-order chi connectivity index (χ0) is 19.5. The predicted octanol–water partition coefficient (Wildman–Crippen LogP) is 3.69. The monoisotopic (exact) mass is 375 g/mol. The molecule has 2 aromatic rings. The molecule has 5 nitrogen and oxygen atoms in total. The van der Waals surface area contributed by atoms with Crippen LogP contribution in [0.1, 0.15) is 40.9 Å². The third-order valence-electron chi connectivity index (χ3n) is 4.34. The van der Waals surface area contributed by atoms with E-state index in [0.29, 0.717) is 0 Å². The van der Waals surface area contributed by atoms with Crippen molar-refractivity contribution < 1.29 is 17.9 Å². The van der Waals surface area contributed by atoms with Crippen molar-refractivity contribution in [1.29, 1.82) is 0 Å². The average Bonchev–Trinajstić information content (AvgIpc) is 2.61. The summed E-state index contributed by atoms with van der Waals surface area (Å²) in [4.78, 5) is 12.4. The Balaban J connectivity index is 2.19. The molecule has 26 heavy (non-hydrogen) atoms. The number of aryl methyl sites for hydroxylation is 2. The molecule has 0 aliphatic rings. The number of nitrogens with zero attached hydrogens (tertiary/aromatic N) is 1. The van der Waals surface area contributed by atoms with Crippen molar-refractivity contribution in [3.63, 3.8) is 0 Å². The Kier molecular flexibility index (Phi) is 6.21. The zero-order valence-corrected chi connectivity index (χ0v) is 16.6. The molecule has 140 valence electrons. The topological polar surface area (TPSA) is 63.7 Å². The van der Waals surface area contributed by atoms with Crippen LogP contribution in [0.15, 0.2) is 47.4 Å². The SMILES string of the molecule is Cc1ccc(C)c(COC(=O)c2cccc(S(=O)(=O)N(C)C(C)C)c2)c1. The van der Waals surface area contributed by atoms with Crippen LogP contribution >= 0.6 is 0 Å². The normalized spacial score (nSPS) is 11.8. The standard InChI is InChI=1S/C20H25NO4S/c1-14(2)21(5)26(23,24)19-8-6-7-17(12-19)20(22)25-13-18-11-15(3)9-10-16(18)4/h6-12,14H,13H2,1-5H3. The van der Waals surface area contributed by atoms with Crippen LogP contribution in [-0.2, 0) is 21.4 Å². The van der Waals surface area contributed by atoms with Crippen LogP contribution in [0.3, 0.4) is 0 Å². The first-order valence-electron chi connectivity index (χ1n) is 8.44. The Labute approximate surface area is 155 Å². The van der Waals surface area contributed by atoms with Crippen LogP contribution in [0.2, 0.25) is 0 Å². The lowest BCUT2D eigenvalue weighted by Gasteiger charge is -2.21. The minimum absolute atomic E-state index is 0.0786. The summed E-state index contributed by atoms with van der Waals surface area (Å²) in [6, 6.07) is 11.7. The molecule has 0 aromatic heterocycles. The maximum atomic E-state index is 12.6. The van der Waals surface area contributed by atoms with E-state index in [1.807, 2.05) is 32.0 Å². The van der Waals surface area contributed by atoms with E-state index in [0.717, 1.165) is 16.7 Å². The van der Waals surface area contributed by atoms with Crippen LogP contribution in [-0.4, -0.2) is 31.8 Å². The second-order valence-corrected chi connectivity index (χ2v) is 8.65. The van der Waals surface area contributed by atoms with Gasteiger partial charge in [0.1, 0.15) is 6.61 Å². The number of sulfonamides is 1. The molecule has 2 aromatic carbocycles. The summed E-state index contributed by atoms with van der Waals surface area (Å²) in [5.74, 6) is -0.546. The van der Waals surface area contributed by atoms with Gasteiger partial charge in [0.25, 0.3) is 0 Å². The minimum Gasteiger partial charge on any atom is -0.457 e. The molecule has 0 atom stereocenters. The summed E-state index contributed by atoms with van der Waals surface area (Å²) >= 11 is 0. The van der Waals surface area contributed by atoms with Crippen molar-refractivity contribution >= 4 is 16.0 Å². The highest BCUT2D eigenvalue weighted by molar-refractivity contribution is 7.89. The molecular weight excluding hydrogens is 350 g/mol. The molecule has 0 radical (unpaired) electrons. The van der Waals surface area contributed by atoms with E-state index in [1.165, 1.54) is 23.5 Å². The molecule has 0 heterocycles. The minimum atomic E-state index is -3.65. The molecule has 6 heteroatoms. The van der Waals surface area contributed by atoms with Crippen LogP contribution in [0, 0.1) is 13.8 Å². The number of esters is 1. The van der Waals surface area contributed by atoms with Gasteiger partial charge < -0.3 is 4.74 Å². The Hall–Kier alpha value is -2.18. The Morgan fingerprint density at radius 2 is 1.81 bits per heavy atom. The van der Waals surface area contributed by atoms with Crippen molar-refractivity contribution in [2.24, 2.45) is 0 Å². The first kappa shape index (κ1) is 20.1. The first-order chi connectivity index (χ1) is 12.1. The number of ether oxygens (including phenoxy) is 1. The number of carbonyl (C=O) groups is 1. The van der Waals surface area contributed by atoms with Crippen LogP contribution in [0.5, 0.6) is 0 Å². The van der Waals surface area contributed by atoms with Crippen LogP contribution in [0.4, 0.5) is 0 Å². The van der Waals surface area contributed by atoms with Crippen molar-refractivity contribution in [2.75, 3.05) is 7.05 Å². The number of rotatable bonds is 6. The van der Waals surface area contributed by atoms with Crippen LogP contribution < -0.4 is 0 Å². The summed E-state index contributed by atoms with van der Waals surface area (Å²) < 4.78 is 31.8. The fraction of sp³-hybridized carbons (Fsp3) is 0.350. The predicted molar refractivity (Wildman–Crippen MR) is 102 cm³/mol. The average molecular weight is 375 g/mol. The molecule has 0 unspecified atom stereocenters. The number of carbonyl (C=O) groups excluding carboxylic acids is 1. The highest BCUT2D eigenvalue weighted by Crippen LogP contribution is 2.19. The molecule has 0 saturated carbocycles. The second-order valence-electron chi connectivity index (χ2n) is 6.65. The van der Waals surface area contributed by atoms with Gasteiger partial charge in [0.05, 0.1) is 10.5 Å². The highest BCUT2D eigenvalue weighted by Gasteiger charge is 2.24. The van der Waals surface area contributed by atoms with Gasteiger partial charge in [0, 0.05) is 13.1 Å². The van der Waals surface area contributed by atoms with E-state index in [4.69, 9.17) is 4.74 Å². The lowest BCUT2D eigenvalue weighted by Crippen LogP contribution is -2.33. The molecule has 0 bridgehead atoms. The summed E-state index contributed by atoms with van der Waals surface area (Å²) in [5.41, 5.74) is 3.28. The van der Waals surface area contributed by atoms with Gasteiger partial charge in [-0.2, -0.15) is 4.31 Å². The molecule has 0 aliphatic heterocycles. The van der Waals surface area contributed by atoms with Gasteiger partial charge in [0.15, 0.2) is 0 Å². The van der Waals surface area contributed by atoms with E-state index in [1.54, 1.807) is 26.0 Å². The van der Waals surface area contributed by atoms with Gasteiger partial charge in [-0.1, -0.05) is 29.8 Å². The highest BCUT2D eigenvalue weighted by atomic mass is 32.2. The van der Waals surface area contributed by atoms with Gasteiger partial charge in [-0.05, 0) is 57.0 Å². The maximum absolute atomic E-state index is 12.6. The van der Waals surface area contributed by atoms with E-state index < -0.39 is 16.0 Å². The smallest absolute Gasteiger partial charge is 0.338 e. The summed E-state index contributed by atoms with van der Waals surface area (Å²) in [5, 5.41) is 0. The lowest BCUT2D eigenvalue weighted by molar-refractivity contribution is 0.0471. The fourth-order valence-corrected chi connectivity index (χ4v) is 3.82. The first-order valence-corrected chi connectivity index (χ1v) is 9.88. The van der Waals surface area contributed by atoms with Gasteiger partial charge in [-0.25, -0.2) is 13.2 Å². The number of hydrogen-bond acceptors (Lipinski definition) is 4. The summed E-state index contributed by atoms with van der Waals surface area (Å²) in [6.07, 6.45) is 0. The van der Waals surface area contributed by atoms with Crippen molar-refractivity contribution in [3.05, 3.63) is 64.7 Å². The number of hydrogen-bond donors (Lipinski definition) is 0. The van der Waals surface area contributed by atoms with E-state index >= 15 is 0 Å². The third kappa shape index (κ3) is 4.51. The molecule has 0 aliphatic carbocycles. The van der Waals surface area contributed by atoms with Gasteiger partial charge in [0.2, 0.25) is 10.0 Å². The maximum Gasteiger partial charge on any atom is 0.338 e. The molecule has 2 rings (SSSR count). The van der Waals surface area contributed by atoms with Gasteiger partial charge in [-0.3, -0.25) is 0 Å². The molecule has 0 fully saturated rings. The van der Waals surface area contributed by atoms with E-state index in [2.05, 4.69) is 0 Å². The van der Waals surface area contributed by atoms with Gasteiger partial charge in [-0.15, -0.1) is 0 Å². The molecular formula is C20H25NO4S. The molecule has 0 saturated heterocycles. The quantitative estimate of drug-likeness (QED) is 0.723.